The summed E-state index contributed by atoms with van der Waals surface area (Å²) < 4.78 is 45.6. The minimum Gasteiger partial charge on any atom is -0.478 e. The van der Waals surface area contributed by atoms with Gasteiger partial charge in [-0.15, -0.1) is 0 Å². The largest absolute Gasteiger partial charge is 0.490 e. The van der Waals surface area contributed by atoms with Gasteiger partial charge in [-0.2, -0.15) is 13.2 Å². The Morgan fingerprint density at radius 1 is 0.947 bits per heavy atom. The maximum Gasteiger partial charge on any atom is 0.490 e. The maximum absolute atomic E-state index is 13.9. The lowest BCUT2D eigenvalue weighted by molar-refractivity contribution is -0.192. The Hall–Kier alpha value is -3.67. The van der Waals surface area contributed by atoms with Gasteiger partial charge in [-0.1, -0.05) is 12.1 Å². The lowest BCUT2D eigenvalue weighted by Gasteiger charge is -2.36. The number of aromatic carboxylic acids is 1. The van der Waals surface area contributed by atoms with Crippen molar-refractivity contribution in [1.29, 1.82) is 0 Å². The van der Waals surface area contributed by atoms with E-state index in [2.05, 4.69) is 15.1 Å². The molecule has 0 spiro atoms. The van der Waals surface area contributed by atoms with Gasteiger partial charge in [0, 0.05) is 25.3 Å². The molecule has 8 nitrogen and oxygen atoms in total. The van der Waals surface area contributed by atoms with Crippen molar-refractivity contribution in [2.45, 2.75) is 31.9 Å². The van der Waals surface area contributed by atoms with Crippen LogP contribution in [0.25, 0.3) is 0 Å². The van der Waals surface area contributed by atoms with Gasteiger partial charge < -0.3 is 25.3 Å². The van der Waals surface area contributed by atoms with E-state index in [0.29, 0.717) is 17.3 Å². The molecule has 2 fully saturated rings. The number of halogens is 4. The summed E-state index contributed by atoms with van der Waals surface area (Å²) in [7, 11) is 0. The number of carboxylic acid groups (broad SMARTS) is 2. The molecule has 2 heterocycles. The number of carbonyl (C=O) groups is 3. The van der Waals surface area contributed by atoms with Crippen LogP contribution in [-0.2, 0) is 4.79 Å². The molecule has 0 aromatic heterocycles. The summed E-state index contributed by atoms with van der Waals surface area (Å²) in [6.45, 7) is 5.03. The summed E-state index contributed by atoms with van der Waals surface area (Å²) in [5.41, 5.74) is 1.07. The van der Waals surface area contributed by atoms with E-state index in [-0.39, 0.29) is 11.1 Å². The van der Waals surface area contributed by atoms with Crippen LogP contribution in [0, 0.1) is 11.7 Å². The summed E-state index contributed by atoms with van der Waals surface area (Å²) in [6.07, 6.45) is -0.366. The molecule has 0 aliphatic carbocycles. The topological polar surface area (TPSA) is 110 Å². The number of anilines is 2. The Balaban J connectivity index is 0.000000505. The van der Waals surface area contributed by atoms with E-state index in [1.54, 1.807) is 18.2 Å². The van der Waals surface area contributed by atoms with Gasteiger partial charge in [0.15, 0.2) is 0 Å². The highest BCUT2D eigenvalue weighted by Gasteiger charge is 2.38. The Kier molecular flexibility index (Phi) is 9.67. The summed E-state index contributed by atoms with van der Waals surface area (Å²) in [6, 6.07) is 10.6. The monoisotopic (exact) mass is 539 g/mol. The number of aliphatic carboxylic acids is 1. The number of piperidine rings is 1. The van der Waals surface area contributed by atoms with Gasteiger partial charge in [-0.25, -0.2) is 14.0 Å². The third-order valence-electron chi connectivity index (χ3n) is 6.42. The first-order valence-electron chi connectivity index (χ1n) is 12.2. The lowest BCUT2D eigenvalue weighted by atomic mass is 9.96. The maximum atomic E-state index is 13.9. The number of amides is 1. The van der Waals surface area contributed by atoms with Gasteiger partial charge in [-0.05, 0) is 75.0 Å². The van der Waals surface area contributed by atoms with Crippen LogP contribution in [0.3, 0.4) is 0 Å². The van der Waals surface area contributed by atoms with Crippen LogP contribution in [0.4, 0.5) is 28.9 Å². The molecule has 1 unspecified atom stereocenters. The molecular weight excluding hydrogens is 510 g/mol. The van der Waals surface area contributed by atoms with E-state index in [4.69, 9.17) is 9.90 Å². The van der Waals surface area contributed by atoms with Gasteiger partial charge in [0.25, 0.3) is 5.91 Å². The predicted octanol–water partition coefficient (Wildman–Crippen LogP) is 4.72. The van der Waals surface area contributed by atoms with Gasteiger partial charge in [0.1, 0.15) is 5.82 Å². The zero-order chi connectivity index (χ0) is 27.9. The number of carbonyl (C=O) groups excluding carboxylic acids is 1. The van der Waals surface area contributed by atoms with Gasteiger partial charge in [0.2, 0.25) is 0 Å². The van der Waals surface area contributed by atoms with Crippen LogP contribution in [-0.4, -0.2) is 71.9 Å². The van der Waals surface area contributed by atoms with Crippen LogP contribution in [0.2, 0.25) is 0 Å². The highest BCUT2D eigenvalue weighted by atomic mass is 19.4. The van der Waals surface area contributed by atoms with Crippen LogP contribution in [0.1, 0.15) is 46.4 Å². The molecule has 2 aromatic rings. The predicted molar refractivity (Wildman–Crippen MR) is 132 cm³/mol. The van der Waals surface area contributed by atoms with Gasteiger partial charge in [0.05, 0.1) is 16.8 Å². The van der Waals surface area contributed by atoms with Crippen molar-refractivity contribution in [3.8, 4) is 0 Å². The average molecular weight is 540 g/mol. The normalized spacial score (nSPS) is 17.9. The standard InChI is InChI=1S/C24H28FN3O3.C2HF3O2/c25-21-8-2-1-7-19(21)23(29)26-18-9-10-22(20(14-18)24(30)31)28-13-5-6-17(16-28)15-27-11-3-4-12-27;3-2(4,5)1(6)7/h1-2,7-10,14,17H,3-6,11-13,15-16H2,(H,26,29)(H,30,31);(H,6,7). The van der Waals surface area contributed by atoms with Crippen molar-refractivity contribution in [2.75, 3.05) is 42.9 Å². The van der Waals surface area contributed by atoms with Crippen molar-refractivity contribution >= 4 is 29.2 Å². The smallest absolute Gasteiger partial charge is 0.478 e. The van der Waals surface area contributed by atoms with Crippen molar-refractivity contribution in [3.05, 3.63) is 59.4 Å². The van der Waals surface area contributed by atoms with E-state index in [0.717, 1.165) is 45.6 Å². The minimum absolute atomic E-state index is 0.0794. The van der Waals surface area contributed by atoms with Crippen LogP contribution in [0.15, 0.2) is 42.5 Å². The Bertz CT molecular complexity index is 1150. The fourth-order valence-corrected chi connectivity index (χ4v) is 4.67. The third-order valence-corrected chi connectivity index (χ3v) is 6.42. The molecule has 0 radical (unpaired) electrons. The molecule has 12 heteroatoms. The molecule has 2 aromatic carbocycles. The zero-order valence-corrected chi connectivity index (χ0v) is 20.5. The Morgan fingerprint density at radius 2 is 1.61 bits per heavy atom. The quantitative estimate of drug-likeness (QED) is 0.456. The number of hydrogen-bond donors (Lipinski definition) is 3. The van der Waals surface area contributed by atoms with Crippen LogP contribution < -0.4 is 10.2 Å². The van der Waals surface area contributed by atoms with Crippen molar-refractivity contribution in [3.63, 3.8) is 0 Å². The molecule has 1 amide bonds. The number of benzene rings is 2. The first-order chi connectivity index (χ1) is 18.0. The molecule has 0 saturated carbocycles. The Morgan fingerprint density at radius 3 is 2.21 bits per heavy atom. The van der Waals surface area contributed by atoms with Crippen molar-refractivity contribution in [2.24, 2.45) is 5.92 Å². The fourth-order valence-electron chi connectivity index (χ4n) is 4.67. The van der Waals surface area contributed by atoms with E-state index in [9.17, 15) is 32.3 Å². The fraction of sp³-hybridized carbons (Fsp3) is 0.423. The first kappa shape index (κ1) is 28.9. The van der Waals surface area contributed by atoms with E-state index < -0.39 is 29.8 Å². The third kappa shape index (κ3) is 7.91. The molecule has 2 aliphatic rings. The SMILES string of the molecule is O=C(Nc1ccc(N2CCCC(CN3CCCC3)C2)c(C(=O)O)c1)c1ccccc1F.O=C(O)C(F)(F)F. The second kappa shape index (κ2) is 12.7. The van der Waals surface area contributed by atoms with Gasteiger partial charge >= 0.3 is 18.1 Å². The summed E-state index contributed by atoms with van der Waals surface area (Å²) >= 11 is 0. The number of hydrogen-bond acceptors (Lipinski definition) is 5. The second-order valence-corrected chi connectivity index (χ2v) is 9.24. The number of likely N-dealkylation sites (tertiary alicyclic amines) is 1. The number of rotatable bonds is 6. The van der Waals surface area contributed by atoms with E-state index in [1.807, 2.05) is 0 Å². The molecular formula is C26H29F4N3O5. The second-order valence-electron chi connectivity index (χ2n) is 9.24. The summed E-state index contributed by atoms with van der Waals surface area (Å²) in [4.78, 5) is 37.9. The lowest BCUT2D eigenvalue weighted by Crippen LogP contribution is -2.41. The zero-order valence-electron chi connectivity index (χ0n) is 20.5. The van der Waals surface area contributed by atoms with Crippen molar-refractivity contribution in [1.82, 2.24) is 4.90 Å². The van der Waals surface area contributed by atoms with E-state index in [1.165, 1.54) is 37.1 Å². The van der Waals surface area contributed by atoms with Gasteiger partial charge in [-0.3, -0.25) is 4.79 Å². The molecule has 3 N–H and O–H groups in total. The number of nitrogens with zero attached hydrogens (tertiary/aromatic N) is 2. The number of alkyl halides is 3. The molecule has 0 bridgehead atoms. The molecule has 2 saturated heterocycles. The highest BCUT2D eigenvalue weighted by Crippen LogP contribution is 2.30. The summed E-state index contributed by atoms with van der Waals surface area (Å²) in [5.74, 6) is -4.50. The molecule has 1 atom stereocenters. The van der Waals surface area contributed by atoms with Crippen molar-refractivity contribution < 1.29 is 42.2 Å². The van der Waals surface area contributed by atoms with Crippen LogP contribution in [0.5, 0.6) is 0 Å². The summed E-state index contributed by atoms with van der Waals surface area (Å²) in [5, 5.41) is 19.5. The molecule has 38 heavy (non-hydrogen) atoms. The molecule has 2 aliphatic heterocycles. The number of carboxylic acids is 2. The molecule has 206 valence electrons. The minimum atomic E-state index is -5.08. The first-order valence-corrected chi connectivity index (χ1v) is 12.2. The van der Waals surface area contributed by atoms with E-state index >= 15 is 0 Å². The molecule has 4 rings (SSSR count). The average Bonchev–Trinajstić information content (AvgIpc) is 3.37. The number of nitrogens with one attached hydrogen (secondary N) is 1. The highest BCUT2D eigenvalue weighted by molar-refractivity contribution is 6.05. The Labute approximate surface area is 216 Å². The van der Waals surface area contributed by atoms with Crippen LogP contribution >= 0.6 is 0 Å².